The van der Waals surface area contributed by atoms with E-state index in [1.54, 1.807) is 12.1 Å². The standard InChI is InChI=1S/C29H36FNO5Si/c1-37(2,3)15-14-34-20-36-26-11-8-22-5-4-21(16-24(22)17-26)19-35-28-18-31(29(32)33)13-12-27(28)23-6-9-25(30)10-7-23/h4-11,16-17,27-28H,12-15,18-20H2,1-3H3,(H,32,33). The third kappa shape index (κ3) is 7.77. The first kappa shape index (κ1) is 27.1. The van der Waals surface area contributed by atoms with Crippen molar-refractivity contribution >= 4 is 24.9 Å². The summed E-state index contributed by atoms with van der Waals surface area (Å²) < 4.78 is 31.2. The van der Waals surface area contributed by atoms with Crippen LogP contribution in [0, 0.1) is 5.82 Å². The Morgan fingerprint density at radius 3 is 2.54 bits per heavy atom. The molecular formula is C29H36FNO5Si. The second kappa shape index (κ2) is 12.1. The normalized spacial score (nSPS) is 18.2. The fourth-order valence-electron chi connectivity index (χ4n) is 4.55. The lowest BCUT2D eigenvalue weighted by atomic mass is 9.87. The van der Waals surface area contributed by atoms with E-state index in [0.717, 1.165) is 33.7 Å². The number of carboxylic acid groups (broad SMARTS) is 1. The Kier molecular flexibility index (Phi) is 8.84. The molecule has 1 amide bonds. The fourth-order valence-corrected chi connectivity index (χ4v) is 5.31. The lowest BCUT2D eigenvalue weighted by Gasteiger charge is -2.37. The summed E-state index contributed by atoms with van der Waals surface area (Å²) in [6, 6.07) is 19.6. The summed E-state index contributed by atoms with van der Waals surface area (Å²) >= 11 is 0. The molecule has 0 radical (unpaired) electrons. The number of hydrogen-bond acceptors (Lipinski definition) is 4. The molecule has 2 atom stereocenters. The molecule has 6 nitrogen and oxygen atoms in total. The predicted molar refractivity (Wildman–Crippen MR) is 145 cm³/mol. The zero-order chi connectivity index (χ0) is 26.4. The molecule has 0 aromatic heterocycles. The number of likely N-dealkylation sites (tertiary alicyclic amines) is 1. The molecule has 3 aromatic rings. The van der Waals surface area contributed by atoms with Crippen LogP contribution in [0.5, 0.6) is 5.75 Å². The number of fused-ring (bicyclic) bond motifs is 1. The van der Waals surface area contributed by atoms with Gasteiger partial charge in [0.05, 0.1) is 19.3 Å². The summed E-state index contributed by atoms with van der Waals surface area (Å²) in [4.78, 5) is 13.0. The number of amides is 1. The first-order chi connectivity index (χ1) is 17.7. The van der Waals surface area contributed by atoms with Gasteiger partial charge in [-0.1, -0.05) is 50.0 Å². The molecule has 0 bridgehead atoms. The maximum Gasteiger partial charge on any atom is 0.407 e. The largest absolute Gasteiger partial charge is 0.468 e. The van der Waals surface area contributed by atoms with Crippen LogP contribution in [0.3, 0.4) is 0 Å². The van der Waals surface area contributed by atoms with E-state index in [2.05, 4.69) is 25.7 Å². The molecule has 0 saturated carbocycles. The minimum atomic E-state index is -1.12. The van der Waals surface area contributed by atoms with Crippen molar-refractivity contribution in [2.24, 2.45) is 0 Å². The van der Waals surface area contributed by atoms with E-state index in [4.69, 9.17) is 14.2 Å². The van der Waals surface area contributed by atoms with Gasteiger partial charge < -0.3 is 24.2 Å². The number of benzene rings is 3. The van der Waals surface area contributed by atoms with Gasteiger partial charge in [-0.05, 0) is 64.7 Å². The number of piperidine rings is 1. The van der Waals surface area contributed by atoms with Crippen LogP contribution < -0.4 is 4.74 Å². The topological polar surface area (TPSA) is 68.2 Å². The lowest BCUT2D eigenvalue weighted by molar-refractivity contribution is -0.0199. The molecule has 0 aliphatic carbocycles. The summed E-state index contributed by atoms with van der Waals surface area (Å²) in [6.45, 7) is 8.95. The number of halogens is 1. The average molecular weight is 526 g/mol. The molecule has 0 spiro atoms. The molecule has 4 rings (SSSR count). The van der Waals surface area contributed by atoms with Crippen LogP contribution in [-0.4, -0.2) is 56.8 Å². The minimum Gasteiger partial charge on any atom is -0.468 e. The van der Waals surface area contributed by atoms with E-state index in [-0.39, 0.29) is 31.2 Å². The highest BCUT2D eigenvalue weighted by molar-refractivity contribution is 6.76. The molecule has 1 N–H and O–H groups in total. The van der Waals surface area contributed by atoms with Gasteiger partial charge in [0.2, 0.25) is 0 Å². The molecule has 1 heterocycles. The summed E-state index contributed by atoms with van der Waals surface area (Å²) in [6.07, 6.45) is -0.649. The van der Waals surface area contributed by atoms with Crippen molar-refractivity contribution in [1.82, 2.24) is 4.90 Å². The van der Waals surface area contributed by atoms with E-state index in [1.165, 1.54) is 17.0 Å². The Morgan fingerprint density at radius 1 is 1.05 bits per heavy atom. The Hall–Kier alpha value is -2.94. The summed E-state index contributed by atoms with van der Waals surface area (Å²) in [5, 5.41) is 11.6. The Morgan fingerprint density at radius 2 is 1.81 bits per heavy atom. The second-order valence-electron chi connectivity index (χ2n) is 10.8. The van der Waals surface area contributed by atoms with Crippen LogP contribution in [-0.2, 0) is 16.1 Å². The molecule has 1 aliphatic rings. The minimum absolute atomic E-state index is 0.00221. The quantitative estimate of drug-likeness (QED) is 0.181. The lowest BCUT2D eigenvalue weighted by Crippen LogP contribution is -2.46. The molecular weight excluding hydrogens is 489 g/mol. The third-order valence-corrected chi connectivity index (χ3v) is 8.48. The number of ether oxygens (including phenoxy) is 3. The fraction of sp³-hybridized carbons (Fsp3) is 0.414. The summed E-state index contributed by atoms with van der Waals surface area (Å²) in [5.41, 5.74) is 1.95. The molecule has 3 aromatic carbocycles. The van der Waals surface area contributed by atoms with Crippen LogP contribution in [0.4, 0.5) is 9.18 Å². The first-order valence-electron chi connectivity index (χ1n) is 12.8. The first-order valence-corrected chi connectivity index (χ1v) is 16.5. The van der Waals surface area contributed by atoms with Crippen LogP contribution in [0.2, 0.25) is 25.7 Å². The molecule has 8 heteroatoms. The maximum absolute atomic E-state index is 13.5. The van der Waals surface area contributed by atoms with E-state index >= 15 is 0 Å². The van der Waals surface area contributed by atoms with E-state index < -0.39 is 14.2 Å². The second-order valence-corrected chi connectivity index (χ2v) is 16.5. The van der Waals surface area contributed by atoms with Gasteiger partial charge in [0.1, 0.15) is 11.6 Å². The highest BCUT2D eigenvalue weighted by Crippen LogP contribution is 2.32. The van der Waals surface area contributed by atoms with E-state index in [1.807, 2.05) is 30.3 Å². The van der Waals surface area contributed by atoms with Crippen molar-refractivity contribution < 1.29 is 28.5 Å². The van der Waals surface area contributed by atoms with Gasteiger partial charge in [-0.25, -0.2) is 9.18 Å². The smallest absolute Gasteiger partial charge is 0.407 e. The molecule has 2 unspecified atom stereocenters. The third-order valence-electron chi connectivity index (χ3n) is 6.77. The monoisotopic (exact) mass is 525 g/mol. The van der Waals surface area contributed by atoms with Gasteiger partial charge in [-0.15, -0.1) is 0 Å². The number of carbonyl (C=O) groups is 1. The van der Waals surface area contributed by atoms with Crippen LogP contribution in [0.15, 0.2) is 60.7 Å². The van der Waals surface area contributed by atoms with Crippen molar-refractivity contribution in [3.8, 4) is 5.75 Å². The maximum atomic E-state index is 13.5. The summed E-state index contributed by atoms with van der Waals surface area (Å²) in [7, 11) is -1.12. The Balaban J connectivity index is 1.40. The van der Waals surface area contributed by atoms with Crippen LogP contribution >= 0.6 is 0 Å². The molecule has 1 aliphatic heterocycles. The molecule has 37 heavy (non-hydrogen) atoms. The molecule has 1 saturated heterocycles. The van der Waals surface area contributed by atoms with E-state index in [9.17, 15) is 14.3 Å². The van der Waals surface area contributed by atoms with Crippen molar-refractivity contribution in [2.75, 3.05) is 26.5 Å². The van der Waals surface area contributed by atoms with Crippen molar-refractivity contribution in [3.63, 3.8) is 0 Å². The summed E-state index contributed by atoms with van der Waals surface area (Å²) in [5.74, 6) is 0.457. The van der Waals surface area contributed by atoms with Gasteiger partial charge in [0.25, 0.3) is 0 Å². The van der Waals surface area contributed by atoms with Crippen molar-refractivity contribution in [1.29, 1.82) is 0 Å². The van der Waals surface area contributed by atoms with Gasteiger partial charge in [-0.3, -0.25) is 0 Å². The van der Waals surface area contributed by atoms with Gasteiger partial charge in [0.15, 0.2) is 6.79 Å². The predicted octanol–water partition coefficient (Wildman–Crippen LogP) is 6.72. The van der Waals surface area contributed by atoms with Gasteiger partial charge in [0, 0.05) is 27.1 Å². The van der Waals surface area contributed by atoms with E-state index in [0.29, 0.717) is 26.2 Å². The number of nitrogens with zero attached hydrogens (tertiary/aromatic N) is 1. The zero-order valence-corrected chi connectivity index (χ0v) is 22.8. The van der Waals surface area contributed by atoms with Gasteiger partial charge >= 0.3 is 6.09 Å². The highest BCUT2D eigenvalue weighted by atomic mass is 28.3. The van der Waals surface area contributed by atoms with Crippen molar-refractivity contribution in [2.45, 2.75) is 50.7 Å². The SMILES string of the molecule is C[Si](C)(C)CCOCOc1ccc2ccc(COC3CN(C(=O)O)CCC3c3ccc(F)cc3)cc2c1. The zero-order valence-electron chi connectivity index (χ0n) is 21.8. The van der Waals surface area contributed by atoms with Crippen LogP contribution in [0.25, 0.3) is 10.8 Å². The number of hydrogen-bond donors (Lipinski definition) is 1. The molecule has 198 valence electrons. The Bertz CT molecular complexity index is 1200. The average Bonchev–Trinajstić information content (AvgIpc) is 2.86. The Labute approximate surface area is 219 Å². The van der Waals surface area contributed by atoms with Crippen LogP contribution in [0.1, 0.15) is 23.5 Å². The van der Waals surface area contributed by atoms with Gasteiger partial charge in [-0.2, -0.15) is 0 Å². The highest BCUT2D eigenvalue weighted by Gasteiger charge is 2.33. The molecule has 1 fully saturated rings. The van der Waals surface area contributed by atoms with Crippen molar-refractivity contribution in [3.05, 3.63) is 77.6 Å². The number of rotatable bonds is 10.